The van der Waals surface area contributed by atoms with Crippen LogP contribution in [0.4, 0.5) is 0 Å². The summed E-state index contributed by atoms with van der Waals surface area (Å²) < 4.78 is 5.37. The van der Waals surface area contributed by atoms with Crippen LogP contribution in [-0.4, -0.2) is 11.7 Å². The number of ether oxygens (including phenoxy) is 1. The molecule has 0 aliphatic rings. The van der Waals surface area contributed by atoms with Crippen molar-refractivity contribution >= 4 is 0 Å². The number of aliphatic hydroxyl groups excluding tert-OH is 1. The summed E-state index contributed by atoms with van der Waals surface area (Å²) >= 11 is 0. The fourth-order valence-corrected chi connectivity index (χ4v) is 1.99. The van der Waals surface area contributed by atoms with Crippen molar-refractivity contribution in [2.75, 3.05) is 6.61 Å². The maximum Gasteiger partial charge on any atom is 0.119 e. The van der Waals surface area contributed by atoms with E-state index in [2.05, 4.69) is 0 Å². The van der Waals surface area contributed by atoms with Gasteiger partial charge in [-0.2, -0.15) is 0 Å². The third-order valence-corrected chi connectivity index (χ3v) is 3.06. The Labute approximate surface area is 113 Å². The van der Waals surface area contributed by atoms with E-state index in [0.717, 1.165) is 16.9 Å². The molecule has 0 bridgehead atoms. The topological polar surface area (TPSA) is 55.5 Å². The van der Waals surface area contributed by atoms with Gasteiger partial charge < -0.3 is 15.6 Å². The van der Waals surface area contributed by atoms with Crippen molar-refractivity contribution in [3.8, 4) is 5.75 Å². The third-order valence-electron chi connectivity index (χ3n) is 3.06. The quantitative estimate of drug-likeness (QED) is 0.866. The highest BCUT2D eigenvalue weighted by Crippen LogP contribution is 2.27. The lowest BCUT2D eigenvalue weighted by atomic mass is 9.97. The van der Waals surface area contributed by atoms with Crippen molar-refractivity contribution in [1.29, 1.82) is 0 Å². The van der Waals surface area contributed by atoms with Crippen LogP contribution in [0.25, 0.3) is 0 Å². The summed E-state index contributed by atoms with van der Waals surface area (Å²) in [6, 6.07) is 16.6. The molecule has 100 valence electrons. The average Bonchev–Trinajstić information content (AvgIpc) is 2.48. The molecule has 0 saturated carbocycles. The van der Waals surface area contributed by atoms with Gasteiger partial charge in [0.1, 0.15) is 5.75 Å². The van der Waals surface area contributed by atoms with Crippen LogP contribution in [0.1, 0.15) is 30.2 Å². The normalized spacial score (nSPS) is 13.8. The number of hydrogen-bond donors (Lipinski definition) is 2. The van der Waals surface area contributed by atoms with Crippen LogP contribution < -0.4 is 10.5 Å². The van der Waals surface area contributed by atoms with Crippen LogP contribution in [0, 0.1) is 0 Å². The van der Waals surface area contributed by atoms with E-state index < -0.39 is 12.1 Å². The SMILES string of the molecule is CCOc1ccc(C(O)C(N)c2ccccc2)cc1. The second-order valence-electron chi connectivity index (χ2n) is 4.38. The van der Waals surface area contributed by atoms with Gasteiger partial charge >= 0.3 is 0 Å². The van der Waals surface area contributed by atoms with Gasteiger partial charge in [0, 0.05) is 0 Å². The van der Waals surface area contributed by atoms with Gasteiger partial charge in [0.15, 0.2) is 0 Å². The first kappa shape index (κ1) is 13.6. The highest BCUT2D eigenvalue weighted by atomic mass is 16.5. The predicted octanol–water partition coefficient (Wildman–Crippen LogP) is 2.82. The van der Waals surface area contributed by atoms with Crippen molar-refractivity contribution in [3.05, 3.63) is 65.7 Å². The van der Waals surface area contributed by atoms with E-state index in [0.29, 0.717) is 6.61 Å². The molecule has 3 N–H and O–H groups in total. The van der Waals surface area contributed by atoms with Gasteiger partial charge in [0.05, 0.1) is 18.8 Å². The van der Waals surface area contributed by atoms with E-state index in [1.807, 2.05) is 61.5 Å². The lowest BCUT2D eigenvalue weighted by Gasteiger charge is -2.19. The predicted molar refractivity (Wildman–Crippen MR) is 75.9 cm³/mol. The van der Waals surface area contributed by atoms with Crippen LogP contribution in [0.2, 0.25) is 0 Å². The number of aliphatic hydroxyl groups is 1. The second kappa shape index (κ2) is 6.36. The molecule has 2 rings (SSSR count). The summed E-state index contributed by atoms with van der Waals surface area (Å²) in [5.74, 6) is 0.798. The fraction of sp³-hybridized carbons (Fsp3) is 0.250. The van der Waals surface area contributed by atoms with Crippen molar-refractivity contribution in [1.82, 2.24) is 0 Å². The Hall–Kier alpha value is -1.84. The summed E-state index contributed by atoms with van der Waals surface area (Å²) in [5, 5.41) is 10.3. The standard InChI is InChI=1S/C16H19NO2/c1-2-19-14-10-8-13(9-11-14)16(18)15(17)12-6-4-3-5-7-12/h3-11,15-16,18H,2,17H2,1H3. The Kier molecular flexibility index (Phi) is 4.55. The van der Waals surface area contributed by atoms with Gasteiger partial charge in [0.25, 0.3) is 0 Å². The van der Waals surface area contributed by atoms with Gasteiger partial charge in [-0.15, -0.1) is 0 Å². The molecule has 2 aromatic carbocycles. The van der Waals surface area contributed by atoms with Crippen LogP contribution in [-0.2, 0) is 0 Å². The Morgan fingerprint density at radius 2 is 1.63 bits per heavy atom. The van der Waals surface area contributed by atoms with Gasteiger partial charge in [-0.25, -0.2) is 0 Å². The summed E-state index contributed by atoms with van der Waals surface area (Å²) in [6.45, 7) is 2.57. The van der Waals surface area contributed by atoms with Crippen LogP contribution >= 0.6 is 0 Å². The first-order valence-electron chi connectivity index (χ1n) is 6.43. The average molecular weight is 257 g/mol. The lowest BCUT2D eigenvalue weighted by Crippen LogP contribution is -2.19. The highest BCUT2D eigenvalue weighted by molar-refractivity contribution is 5.31. The maximum absolute atomic E-state index is 10.3. The lowest BCUT2D eigenvalue weighted by molar-refractivity contribution is 0.147. The minimum absolute atomic E-state index is 0.431. The molecule has 3 heteroatoms. The molecule has 0 aliphatic heterocycles. The molecule has 2 unspecified atom stereocenters. The summed E-state index contributed by atoms with van der Waals surface area (Å²) in [4.78, 5) is 0. The number of benzene rings is 2. The molecule has 3 nitrogen and oxygen atoms in total. The van der Waals surface area contributed by atoms with Crippen LogP contribution in [0.5, 0.6) is 5.75 Å². The van der Waals surface area contributed by atoms with Crippen molar-refractivity contribution in [2.24, 2.45) is 5.73 Å². The smallest absolute Gasteiger partial charge is 0.119 e. The summed E-state index contributed by atoms with van der Waals surface area (Å²) in [6.07, 6.45) is -0.724. The van der Waals surface area contributed by atoms with E-state index >= 15 is 0 Å². The molecule has 0 fully saturated rings. The number of nitrogens with two attached hydrogens (primary N) is 1. The first-order valence-corrected chi connectivity index (χ1v) is 6.43. The summed E-state index contributed by atoms with van der Waals surface area (Å²) in [7, 11) is 0. The molecule has 0 spiro atoms. The van der Waals surface area contributed by atoms with Crippen molar-refractivity contribution < 1.29 is 9.84 Å². The molecule has 0 saturated heterocycles. The zero-order valence-corrected chi connectivity index (χ0v) is 11.0. The number of rotatable bonds is 5. The Bertz CT molecular complexity index is 496. The van der Waals surface area contributed by atoms with Crippen molar-refractivity contribution in [3.63, 3.8) is 0 Å². The molecule has 0 heterocycles. The Morgan fingerprint density at radius 3 is 2.21 bits per heavy atom. The molecule has 2 aromatic rings. The molecular weight excluding hydrogens is 238 g/mol. The van der Waals surface area contributed by atoms with Gasteiger partial charge in [-0.05, 0) is 30.2 Å². The van der Waals surface area contributed by atoms with Crippen LogP contribution in [0.3, 0.4) is 0 Å². The maximum atomic E-state index is 10.3. The summed E-state index contributed by atoms with van der Waals surface area (Å²) in [5.41, 5.74) is 7.80. The third kappa shape index (κ3) is 3.34. The van der Waals surface area contributed by atoms with Gasteiger partial charge in [0.2, 0.25) is 0 Å². The fourth-order valence-electron chi connectivity index (χ4n) is 1.99. The molecule has 0 aromatic heterocycles. The van der Waals surface area contributed by atoms with E-state index in [9.17, 15) is 5.11 Å². The Morgan fingerprint density at radius 1 is 1.00 bits per heavy atom. The molecule has 0 aliphatic carbocycles. The molecule has 19 heavy (non-hydrogen) atoms. The largest absolute Gasteiger partial charge is 0.494 e. The van der Waals surface area contributed by atoms with E-state index in [1.54, 1.807) is 0 Å². The van der Waals surface area contributed by atoms with Gasteiger partial charge in [-0.3, -0.25) is 0 Å². The molecule has 0 amide bonds. The zero-order valence-electron chi connectivity index (χ0n) is 11.0. The van der Waals surface area contributed by atoms with E-state index in [1.165, 1.54) is 0 Å². The highest BCUT2D eigenvalue weighted by Gasteiger charge is 2.18. The minimum atomic E-state index is -0.724. The minimum Gasteiger partial charge on any atom is -0.494 e. The van der Waals surface area contributed by atoms with E-state index in [-0.39, 0.29) is 0 Å². The first-order chi connectivity index (χ1) is 9.22. The molecule has 0 radical (unpaired) electrons. The van der Waals surface area contributed by atoms with E-state index in [4.69, 9.17) is 10.5 Å². The second-order valence-corrected chi connectivity index (χ2v) is 4.38. The number of hydrogen-bond acceptors (Lipinski definition) is 3. The monoisotopic (exact) mass is 257 g/mol. The van der Waals surface area contributed by atoms with Crippen molar-refractivity contribution in [2.45, 2.75) is 19.1 Å². The molecular formula is C16H19NO2. The Balaban J connectivity index is 2.12. The van der Waals surface area contributed by atoms with Crippen LogP contribution in [0.15, 0.2) is 54.6 Å². The van der Waals surface area contributed by atoms with Gasteiger partial charge in [-0.1, -0.05) is 42.5 Å². The molecule has 2 atom stereocenters. The zero-order chi connectivity index (χ0) is 13.7.